The number of hydrogen-bond donors (Lipinski definition) is 2. The number of nitrogens with one attached hydrogen (secondary N) is 2. The summed E-state index contributed by atoms with van der Waals surface area (Å²) >= 11 is 0. The average molecular weight is 455 g/mol. The smallest absolute Gasteiger partial charge is 0.191 e. The van der Waals surface area contributed by atoms with Crippen LogP contribution in [0.2, 0.25) is 0 Å². The quantitative estimate of drug-likeness (QED) is 0.271. The molecule has 0 unspecified atom stereocenters. The van der Waals surface area contributed by atoms with Crippen molar-refractivity contribution in [2.75, 3.05) is 32.2 Å². The Labute approximate surface area is 156 Å². The van der Waals surface area contributed by atoms with E-state index in [2.05, 4.69) is 15.6 Å². The van der Waals surface area contributed by atoms with Crippen molar-refractivity contribution >= 4 is 39.8 Å². The van der Waals surface area contributed by atoms with Crippen LogP contribution in [0.4, 0.5) is 0 Å². The SMILES string of the molecule is CCNC(=NCc1cccc(OC)c1)NCCCS(C)(=O)=O.I. The number of nitrogens with zero attached hydrogens (tertiary/aromatic N) is 1. The molecule has 2 N–H and O–H groups in total. The predicted octanol–water partition coefficient (Wildman–Crippen LogP) is 1.80. The molecule has 0 atom stereocenters. The summed E-state index contributed by atoms with van der Waals surface area (Å²) in [5.74, 6) is 1.66. The van der Waals surface area contributed by atoms with Crippen LogP contribution in [-0.2, 0) is 16.4 Å². The molecule has 0 saturated carbocycles. The number of sulfone groups is 1. The van der Waals surface area contributed by atoms with Gasteiger partial charge in [-0.15, -0.1) is 24.0 Å². The number of hydrogen-bond acceptors (Lipinski definition) is 4. The molecule has 1 rings (SSSR count). The van der Waals surface area contributed by atoms with Crippen molar-refractivity contribution < 1.29 is 13.2 Å². The number of rotatable bonds is 8. The Morgan fingerprint density at radius 1 is 1.30 bits per heavy atom. The zero-order valence-corrected chi connectivity index (χ0v) is 17.0. The largest absolute Gasteiger partial charge is 0.497 e. The van der Waals surface area contributed by atoms with Crippen LogP contribution >= 0.6 is 24.0 Å². The van der Waals surface area contributed by atoms with Crippen LogP contribution in [-0.4, -0.2) is 46.6 Å². The number of benzene rings is 1. The minimum Gasteiger partial charge on any atom is -0.497 e. The van der Waals surface area contributed by atoms with E-state index in [9.17, 15) is 8.42 Å². The standard InChI is InChI=1S/C15H25N3O3S.HI/c1-4-16-15(17-9-6-10-22(3,19)20)18-12-13-7-5-8-14(11-13)21-2;/h5,7-8,11H,4,6,9-10,12H2,1-3H3,(H2,16,17,18);1H. The molecular formula is C15H26IN3O3S. The molecule has 132 valence electrons. The molecule has 1 aromatic rings. The van der Waals surface area contributed by atoms with Crippen molar-refractivity contribution in [3.05, 3.63) is 29.8 Å². The van der Waals surface area contributed by atoms with Crippen LogP contribution in [0.1, 0.15) is 18.9 Å². The lowest BCUT2D eigenvalue weighted by Crippen LogP contribution is -2.38. The molecule has 0 fully saturated rings. The van der Waals surface area contributed by atoms with E-state index in [-0.39, 0.29) is 29.7 Å². The van der Waals surface area contributed by atoms with Gasteiger partial charge in [-0.1, -0.05) is 12.1 Å². The van der Waals surface area contributed by atoms with Crippen LogP contribution in [0, 0.1) is 0 Å². The van der Waals surface area contributed by atoms with Gasteiger partial charge < -0.3 is 15.4 Å². The Balaban J connectivity index is 0.00000484. The van der Waals surface area contributed by atoms with Gasteiger partial charge in [-0.2, -0.15) is 0 Å². The van der Waals surface area contributed by atoms with Gasteiger partial charge in [0.25, 0.3) is 0 Å². The molecule has 8 heteroatoms. The lowest BCUT2D eigenvalue weighted by Gasteiger charge is -2.11. The minimum atomic E-state index is -2.91. The average Bonchev–Trinajstić information content (AvgIpc) is 2.48. The highest BCUT2D eigenvalue weighted by Gasteiger charge is 2.02. The van der Waals surface area contributed by atoms with E-state index < -0.39 is 9.84 Å². The van der Waals surface area contributed by atoms with E-state index in [4.69, 9.17) is 4.74 Å². The first-order valence-corrected chi connectivity index (χ1v) is 9.33. The molecule has 0 aliphatic carbocycles. The summed E-state index contributed by atoms with van der Waals surface area (Å²) in [5, 5.41) is 6.27. The minimum absolute atomic E-state index is 0. The molecule has 0 bridgehead atoms. The van der Waals surface area contributed by atoms with Crippen LogP contribution < -0.4 is 15.4 Å². The summed E-state index contributed by atoms with van der Waals surface area (Å²) in [4.78, 5) is 4.48. The highest BCUT2D eigenvalue weighted by molar-refractivity contribution is 14.0. The van der Waals surface area contributed by atoms with Crippen molar-refractivity contribution in [1.82, 2.24) is 10.6 Å². The van der Waals surface area contributed by atoms with Crippen LogP contribution in [0.5, 0.6) is 5.75 Å². The first-order valence-electron chi connectivity index (χ1n) is 7.27. The van der Waals surface area contributed by atoms with Crippen molar-refractivity contribution in [1.29, 1.82) is 0 Å². The van der Waals surface area contributed by atoms with E-state index in [1.165, 1.54) is 6.26 Å². The van der Waals surface area contributed by atoms with Crippen LogP contribution in [0.3, 0.4) is 0 Å². The zero-order chi connectivity index (χ0) is 16.4. The molecule has 0 aliphatic heterocycles. The summed E-state index contributed by atoms with van der Waals surface area (Å²) in [7, 11) is -1.28. The van der Waals surface area contributed by atoms with Gasteiger partial charge in [-0.3, -0.25) is 0 Å². The van der Waals surface area contributed by atoms with E-state index in [1.807, 2.05) is 31.2 Å². The van der Waals surface area contributed by atoms with E-state index in [0.29, 0.717) is 25.5 Å². The third-order valence-corrected chi connectivity index (χ3v) is 3.91. The van der Waals surface area contributed by atoms with E-state index >= 15 is 0 Å². The fourth-order valence-electron chi connectivity index (χ4n) is 1.82. The molecule has 23 heavy (non-hydrogen) atoms. The second-order valence-electron chi connectivity index (χ2n) is 4.96. The van der Waals surface area contributed by atoms with E-state index in [1.54, 1.807) is 7.11 Å². The van der Waals surface area contributed by atoms with Gasteiger partial charge >= 0.3 is 0 Å². The molecule has 0 aliphatic rings. The number of aliphatic imine (C=N–C) groups is 1. The third kappa shape index (κ3) is 10.4. The molecule has 1 aromatic carbocycles. The van der Waals surface area contributed by atoms with Gasteiger partial charge in [0.15, 0.2) is 5.96 Å². The maximum Gasteiger partial charge on any atom is 0.191 e. The Hall–Kier alpha value is -1.03. The van der Waals surface area contributed by atoms with Crippen molar-refractivity contribution in [2.45, 2.75) is 19.9 Å². The lowest BCUT2D eigenvalue weighted by molar-refractivity contribution is 0.414. The van der Waals surface area contributed by atoms with Crippen molar-refractivity contribution in [2.24, 2.45) is 4.99 Å². The molecule has 0 saturated heterocycles. The summed E-state index contributed by atoms with van der Waals surface area (Å²) < 4.78 is 27.4. The monoisotopic (exact) mass is 455 g/mol. The van der Waals surface area contributed by atoms with Gasteiger partial charge in [0.1, 0.15) is 15.6 Å². The fourth-order valence-corrected chi connectivity index (χ4v) is 2.49. The van der Waals surface area contributed by atoms with Crippen LogP contribution in [0.15, 0.2) is 29.3 Å². The number of methoxy groups -OCH3 is 1. The molecule has 0 amide bonds. The van der Waals surface area contributed by atoms with Gasteiger partial charge in [0, 0.05) is 19.3 Å². The first kappa shape index (κ1) is 22.0. The van der Waals surface area contributed by atoms with Gasteiger partial charge in [-0.25, -0.2) is 13.4 Å². The third-order valence-electron chi connectivity index (χ3n) is 2.88. The molecule has 6 nitrogen and oxygen atoms in total. The summed E-state index contributed by atoms with van der Waals surface area (Å²) in [5.41, 5.74) is 1.05. The lowest BCUT2D eigenvalue weighted by atomic mass is 10.2. The topological polar surface area (TPSA) is 79.8 Å². The molecule has 0 aromatic heterocycles. The maximum atomic E-state index is 11.1. The van der Waals surface area contributed by atoms with Gasteiger partial charge in [0.05, 0.1) is 19.4 Å². The molecule has 0 heterocycles. The van der Waals surface area contributed by atoms with Gasteiger partial charge in [0.2, 0.25) is 0 Å². The number of guanidine groups is 1. The highest BCUT2D eigenvalue weighted by Crippen LogP contribution is 2.13. The van der Waals surface area contributed by atoms with Crippen molar-refractivity contribution in [3.63, 3.8) is 0 Å². The second-order valence-corrected chi connectivity index (χ2v) is 7.22. The Bertz CT molecular complexity index is 591. The number of ether oxygens (including phenoxy) is 1. The summed E-state index contributed by atoms with van der Waals surface area (Å²) in [6, 6.07) is 7.74. The highest BCUT2D eigenvalue weighted by atomic mass is 127. The number of halogens is 1. The predicted molar refractivity (Wildman–Crippen MR) is 106 cm³/mol. The van der Waals surface area contributed by atoms with Gasteiger partial charge in [-0.05, 0) is 31.0 Å². The summed E-state index contributed by atoms with van der Waals surface area (Å²) in [6.07, 6.45) is 1.80. The van der Waals surface area contributed by atoms with E-state index in [0.717, 1.165) is 17.9 Å². The zero-order valence-electron chi connectivity index (χ0n) is 13.8. The first-order chi connectivity index (χ1) is 10.4. The Morgan fingerprint density at radius 2 is 2.04 bits per heavy atom. The van der Waals surface area contributed by atoms with Crippen LogP contribution in [0.25, 0.3) is 0 Å². The Kier molecular flexibility index (Phi) is 11.0. The normalized spacial score (nSPS) is 11.5. The molecule has 0 spiro atoms. The Morgan fingerprint density at radius 3 is 2.65 bits per heavy atom. The molecule has 0 radical (unpaired) electrons. The fraction of sp³-hybridized carbons (Fsp3) is 0.533. The maximum absolute atomic E-state index is 11.1. The summed E-state index contributed by atoms with van der Waals surface area (Å²) in [6.45, 7) is 3.82. The second kappa shape index (κ2) is 11.5. The molecular weight excluding hydrogens is 429 g/mol. The van der Waals surface area contributed by atoms with Crippen molar-refractivity contribution in [3.8, 4) is 5.75 Å².